The van der Waals surface area contributed by atoms with Gasteiger partial charge in [0.15, 0.2) is 0 Å². The molecule has 132 valence electrons. The number of nitrogens with two attached hydrogens (primary N) is 1. The molecule has 0 spiro atoms. The van der Waals surface area contributed by atoms with Crippen LogP contribution in [0.5, 0.6) is 0 Å². The zero-order valence-electron chi connectivity index (χ0n) is 13.8. The number of amides is 1. The molecule has 0 fully saturated rings. The first-order chi connectivity index (χ1) is 12.6. The Bertz CT molecular complexity index is 939. The van der Waals surface area contributed by atoms with Gasteiger partial charge in [0.25, 0.3) is 5.91 Å². The lowest BCUT2D eigenvalue weighted by atomic mass is 10.1. The molecule has 1 unspecified atom stereocenters. The molecule has 0 aliphatic heterocycles. The molecule has 0 aliphatic rings. The van der Waals surface area contributed by atoms with Crippen molar-refractivity contribution in [1.82, 2.24) is 15.3 Å². The highest BCUT2D eigenvalue weighted by molar-refractivity contribution is 7.09. The van der Waals surface area contributed by atoms with E-state index in [4.69, 9.17) is 16.1 Å². The topological polar surface area (TPSA) is 128 Å². The van der Waals surface area contributed by atoms with Gasteiger partial charge in [0.2, 0.25) is 0 Å². The van der Waals surface area contributed by atoms with Crippen molar-refractivity contribution in [3.05, 3.63) is 63.7 Å². The number of aromatic nitrogens is 2. The Morgan fingerprint density at radius 3 is 2.73 bits per heavy atom. The molecule has 0 saturated heterocycles. The number of aromatic amines is 1. The summed E-state index contributed by atoms with van der Waals surface area (Å²) in [6, 6.07) is 12.2. The number of rotatable bonds is 6. The Morgan fingerprint density at radius 2 is 2.12 bits per heavy atom. The van der Waals surface area contributed by atoms with Crippen LogP contribution >= 0.6 is 11.3 Å². The minimum Gasteiger partial charge on any atom is -0.390 e. The van der Waals surface area contributed by atoms with E-state index in [9.17, 15) is 4.79 Å². The summed E-state index contributed by atoms with van der Waals surface area (Å²) in [7, 11) is 0. The fraction of sp³-hybridized carbons (Fsp3) is 0.167. The molecule has 5 N–H and O–H groups in total. The molecule has 8 heteroatoms. The summed E-state index contributed by atoms with van der Waals surface area (Å²) >= 11 is 1.35. The fourth-order valence-electron chi connectivity index (χ4n) is 2.43. The quantitative estimate of drug-likeness (QED) is 0.529. The predicted molar refractivity (Wildman–Crippen MR) is 98.2 cm³/mol. The van der Waals surface area contributed by atoms with Crippen molar-refractivity contribution in [1.29, 1.82) is 5.26 Å². The van der Waals surface area contributed by atoms with Gasteiger partial charge in [-0.05, 0) is 29.8 Å². The highest BCUT2D eigenvalue weighted by Gasteiger charge is 2.18. The number of carbonyl (C=O) groups is 1. The molecule has 3 aromatic rings. The van der Waals surface area contributed by atoms with Gasteiger partial charge in [-0.2, -0.15) is 5.26 Å². The second kappa shape index (κ2) is 7.93. The fourth-order valence-corrected chi connectivity index (χ4v) is 3.31. The largest absolute Gasteiger partial charge is 0.390 e. The Balaban J connectivity index is 1.73. The number of H-pyrrole nitrogens is 1. The average Bonchev–Trinajstić information content (AvgIpc) is 3.35. The van der Waals surface area contributed by atoms with Crippen LogP contribution in [0.4, 0.5) is 0 Å². The molecule has 3 rings (SSSR count). The molecule has 1 amide bonds. The molecular weight excluding hydrogens is 350 g/mol. The second-order valence-corrected chi connectivity index (χ2v) is 6.46. The molecular formula is C18H17N5O2S. The first kappa shape index (κ1) is 17.8. The van der Waals surface area contributed by atoms with Crippen LogP contribution in [0.15, 0.2) is 41.8 Å². The van der Waals surface area contributed by atoms with Gasteiger partial charge in [-0.25, -0.2) is 4.98 Å². The molecule has 2 aromatic heterocycles. The number of hydrogen-bond donors (Lipinski definition) is 4. The van der Waals surface area contributed by atoms with Crippen LogP contribution in [-0.2, 0) is 6.61 Å². The lowest BCUT2D eigenvalue weighted by Crippen LogP contribution is -2.33. The number of hydrogen-bond acceptors (Lipinski definition) is 6. The Labute approximate surface area is 154 Å². The normalized spacial score (nSPS) is 11.7. The van der Waals surface area contributed by atoms with Gasteiger partial charge in [-0.1, -0.05) is 12.1 Å². The van der Waals surface area contributed by atoms with Crippen molar-refractivity contribution in [3.8, 4) is 17.3 Å². The SMILES string of the molecule is N#Cc1ccc(-c2ccc(C(=O)NC(CN)c3nc(CO)cs3)[nH]2)cc1. The number of nitriles is 1. The van der Waals surface area contributed by atoms with Crippen LogP contribution in [0.25, 0.3) is 11.3 Å². The van der Waals surface area contributed by atoms with Gasteiger partial charge in [0, 0.05) is 17.6 Å². The number of benzene rings is 1. The Hall–Kier alpha value is -2.99. The van der Waals surface area contributed by atoms with Gasteiger partial charge in [0.05, 0.1) is 30.0 Å². The summed E-state index contributed by atoms with van der Waals surface area (Å²) in [5.74, 6) is -0.291. The average molecular weight is 367 g/mol. The van der Waals surface area contributed by atoms with Crippen LogP contribution < -0.4 is 11.1 Å². The molecule has 0 saturated carbocycles. The zero-order chi connectivity index (χ0) is 18.5. The van der Waals surface area contributed by atoms with Crippen LogP contribution in [0.2, 0.25) is 0 Å². The first-order valence-corrected chi connectivity index (χ1v) is 8.78. The predicted octanol–water partition coefficient (Wildman–Crippen LogP) is 1.93. The van der Waals surface area contributed by atoms with E-state index in [1.807, 2.05) is 12.1 Å². The molecule has 0 aliphatic carbocycles. The highest BCUT2D eigenvalue weighted by atomic mass is 32.1. The minimum absolute atomic E-state index is 0.147. The third kappa shape index (κ3) is 3.81. The van der Waals surface area contributed by atoms with Crippen molar-refractivity contribution < 1.29 is 9.90 Å². The number of aliphatic hydroxyl groups is 1. The highest BCUT2D eigenvalue weighted by Crippen LogP contribution is 2.21. The third-order valence-electron chi connectivity index (χ3n) is 3.83. The minimum atomic E-state index is -0.422. The number of carbonyl (C=O) groups excluding carboxylic acids is 1. The molecule has 0 bridgehead atoms. The lowest BCUT2D eigenvalue weighted by molar-refractivity contribution is 0.0933. The zero-order valence-corrected chi connectivity index (χ0v) is 14.6. The van der Waals surface area contributed by atoms with Crippen LogP contribution in [-0.4, -0.2) is 27.5 Å². The lowest BCUT2D eigenvalue weighted by Gasteiger charge is -2.13. The van der Waals surface area contributed by atoms with Crippen LogP contribution in [0.3, 0.4) is 0 Å². The number of aliphatic hydroxyl groups excluding tert-OH is 1. The standard InChI is InChI=1S/C18H17N5O2S/c19-7-11-1-3-12(4-2-11)14-5-6-15(22-14)17(25)23-16(8-20)18-21-13(9-24)10-26-18/h1-6,10,16,22,24H,8-9,20H2,(H,23,25). The number of thiazole rings is 1. The monoisotopic (exact) mass is 367 g/mol. The van der Waals surface area contributed by atoms with E-state index in [0.717, 1.165) is 11.3 Å². The molecule has 1 atom stereocenters. The Kier molecular flexibility index (Phi) is 5.43. The molecule has 1 aromatic carbocycles. The van der Waals surface area contributed by atoms with E-state index in [1.54, 1.807) is 29.6 Å². The summed E-state index contributed by atoms with van der Waals surface area (Å²) in [5, 5.41) is 23.2. The van der Waals surface area contributed by atoms with Gasteiger partial charge in [-0.15, -0.1) is 11.3 Å². The van der Waals surface area contributed by atoms with Gasteiger partial charge < -0.3 is 21.1 Å². The maximum absolute atomic E-state index is 12.5. The summed E-state index contributed by atoms with van der Waals surface area (Å²) in [5.41, 5.74) is 8.96. The van der Waals surface area contributed by atoms with E-state index in [1.165, 1.54) is 11.3 Å². The summed E-state index contributed by atoms with van der Waals surface area (Å²) in [6.07, 6.45) is 0. The first-order valence-electron chi connectivity index (χ1n) is 7.90. The Morgan fingerprint density at radius 1 is 1.35 bits per heavy atom. The third-order valence-corrected chi connectivity index (χ3v) is 4.83. The smallest absolute Gasteiger partial charge is 0.268 e. The molecule has 26 heavy (non-hydrogen) atoms. The van der Waals surface area contributed by atoms with E-state index in [0.29, 0.717) is 22.0 Å². The van der Waals surface area contributed by atoms with Crippen molar-refractivity contribution >= 4 is 17.2 Å². The van der Waals surface area contributed by atoms with Gasteiger partial charge in [0.1, 0.15) is 10.7 Å². The van der Waals surface area contributed by atoms with Crippen molar-refractivity contribution in [3.63, 3.8) is 0 Å². The molecule has 2 heterocycles. The number of nitrogens with zero attached hydrogens (tertiary/aromatic N) is 2. The molecule has 0 radical (unpaired) electrons. The van der Waals surface area contributed by atoms with E-state index < -0.39 is 6.04 Å². The maximum atomic E-state index is 12.5. The summed E-state index contributed by atoms with van der Waals surface area (Å²) < 4.78 is 0. The van der Waals surface area contributed by atoms with Crippen molar-refractivity contribution in [2.45, 2.75) is 12.6 Å². The summed E-state index contributed by atoms with van der Waals surface area (Å²) in [4.78, 5) is 19.8. The van der Waals surface area contributed by atoms with Gasteiger partial charge >= 0.3 is 0 Å². The van der Waals surface area contributed by atoms with Gasteiger partial charge in [-0.3, -0.25) is 4.79 Å². The maximum Gasteiger partial charge on any atom is 0.268 e. The van der Waals surface area contributed by atoms with E-state index in [2.05, 4.69) is 21.4 Å². The van der Waals surface area contributed by atoms with Crippen molar-refractivity contribution in [2.24, 2.45) is 5.73 Å². The molecule has 7 nitrogen and oxygen atoms in total. The second-order valence-electron chi connectivity index (χ2n) is 5.57. The van der Waals surface area contributed by atoms with Crippen LogP contribution in [0.1, 0.15) is 32.8 Å². The van der Waals surface area contributed by atoms with Crippen LogP contribution in [0, 0.1) is 11.3 Å². The van der Waals surface area contributed by atoms with E-state index >= 15 is 0 Å². The number of nitrogens with one attached hydrogen (secondary N) is 2. The van der Waals surface area contributed by atoms with E-state index in [-0.39, 0.29) is 19.1 Å². The van der Waals surface area contributed by atoms with Crippen molar-refractivity contribution in [2.75, 3.05) is 6.54 Å². The summed E-state index contributed by atoms with van der Waals surface area (Å²) in [6.45, 7) is 0.0552.